The van der Waals surface area contributed by atoms with Gasteiger partial charge < -0.3 is 0 Å². The molecule has 1 aromatic heterocycles. The third kappa shape index (κ3) is 2.47. The fourth-order valence-electron chi connectivity index (χ4n) is 1.78. The van der Waals surface area contributed by atoms with Crippen LogP contribution < -0.4 is 5.43 Å². The smallest absolute Gasteiger partial charge is 0.296 e. The summed E-state index contributed by atoms with van der Waals surface area (Å²) < 4.78 is 39.8. The first-order valence-electron chi connectivity index (χ1n) is 5.57. The van der Waals surface area contributed by atoms with Crippen LogP contribution in [-0.4, -0.2) is 16.1 Å². The van der Waals surface area contributed by atoms with Crippen molar-refractivity contribution in [2.75, 3.05) is 0 Å². The molecule has 0 amide bonds. The molecule has 4 nitrogen and oxygen atoms in total. The van der Waals surface area contributed by atoms with E-state index >= 15 is 0 Å². The number of carbonyl (C=O) groups excluding carboxylic acids is 1. The highest BCUT2D eigenvalue weighted by molar-refractivity contribution is 5.71. The summed E-state index contributed by atoms with van der Waals surface area (Å²) in [6.07, 6.45) is -4.34. The molecule has 2 rings (SSSR count). The highest BCUT2D eigenvalue weighted by atomic mass is 19.4. The van der Waals surface area contributed by atoms with Crippen LogP contribution in [-0.2, 0) is 6.18 Å². The van der Waals surface area contributed by atoms with Crippen LogP contribution in [0.4, 0.5) is 13.2 Å². The number of hydrogen-bond donors (Lipinski definition) is 0. The topological polar surface area (TPSA) is 52.0 Å². The Kier molecular flexibility index (Phi) is 3.44. The Morgan fingerprint density at radius 2 is 1.90 bits per heavy atom. The number of aryl methyl sites for hydroxylation is 1. The monoisotopic (exact) mass is 282 g/mol. The minimum atomic E-state index is -4.56. The summed E-state index contributed by atoms with van der Waals surface area (Å²) in [4.78, 5) is 22.1. The van der Waals surface area contributed by atoms with Gasteiger partial charge in [-0.3, -0.25) is 9.59 Å². The second kappa shape index (κ2) is 4.92. The van der Waals surface area contributed by atoms with Crippen LogP contribution >= 0.6 is 0 Å². The van der Waals surface area contributed by atoms with Crippen LogP contribution in [0.25, 0.3) is 5.69 Å². The van der Waals surface area contributed by atoms with E-state index in [1.54, 1.807) is 0 Å². The maximum atomic E-state index is 13.0. The largest absolute Gasteiger partial charge is 0.418 e. The molecule has 20 heavy (non-hydrogen) atoms. The first kappa shape index (κ1) is 14.0. The molecule has 0 aliphatic carbocycles. The van der Waals surface area contributed by atoms with Gasteiger partial charge in [-0.05, 0) is 19.1 Å². The minimum Gasteiger partial charge on any atom is -0.296 e. The fraction of sp³-hybridized carbons (Fsp3) is 0.154. The van der Waals surface area contributed by atoms with Crippen LogP contribution in [0.5, 0.6) is 0 Å². The highest BCUT2D eigenvalue weighted by Crippen LogP contribution is 2.33. The van der Waals surface area contributed by atoms with Crippen molar-refractivity contribution in [2.45, 2.75) is 13.1 Å². The minimum absolute atomic E-state index is 0.206. The molecule has 0 unspecified atom stereocenters. The molecule has 0 fully saturated rings. The van der Waals surface area contributed by atoms with Gasteiger partial charge in [-0.25, -0.2) is 4.68 Å². The first-order chi connectivity index (χ1) is 9.34. The van der Waals surface area contributed by atoms with Gasteiger partial charge in [0.25, 0.3) is 0 Å². The van der Waals surface area contributed by atoms with Gasteiger partial charge in [0.1, 0.15) is 0 Å². The quantitative estimate of drug-likeness (QED) is 0.795. The number of hydrogen-bond acceptors (Lipinski definition) is 3. The van der Waals surface area contributed by atoms with E-state index in [9.17, 15) is 22.8 Å². The molecule has 104 valence electrons. The molecule has 0 radical (unpaired) electrons. The Morgan fingerprint density at radius 3 is 2.50 bits per heavy atom. The molecule has 0 aliphatic rings. The highest BCUT2D eigenvalue weighted by Gasteiger charge is 2.34. The van der Waals surface area contributed by atoms with E-state index < -0.39 is 22.9 Å². The number of halogens is 3. The van der Waals surface area contributed by atoms with Crippen LogP contribution in [0.1, 0.15) is 21.7 Å². The molecular weight excluding hydrogens is 273 g/mol. The maximum absolute atomic E-state index is 13.0. The van der Waals surface area contributed by atoms with Crippen LogP contribution in [0.2, 0.25) is 0 Å². The molecule has 0 saturated carbocycles. The van der Waals surface area contributed by atoms with Gasteiger partial charge in [0.2, 0.25) is 5.43 Å². The summed E-state index contributed by atoms with van der Waals surface area (Å²) in [5.74, 6) is 0. The summed E-state index contributed by atoms with van der Waals surface area (Å²) in [5, 5.41) is 3.67. The van der Waals surface area contributed by atoms with Gasteiger partial charge in [-0.2, -0.15) is 18.3 Å². The Labute approximate surface area is 111 Å². The molecule has 7 heteroatoms. The normalized spacial score (nSPS) is 11.4. The van der Waals surface area contributed by atoms with Crippen molar-refractivity contribution in [1.29, 1.82) is 0 Å². The number of rotatable bonds is 2. The Bertz CT molecular complexity index is 720. The van der Waals surface area contributed by atoms with Crippen molar-refractivity contribution in [3.8, 4) is 5.69 Å². The second-order valence-electron chi connectivity index (χ2n) is 4.08. The lowest BCUT2D eigenvalue weighted by Crippen LogP contribution is -2.20. The maximum Gasteiger partial charge on any atom is 0.418 e. The Morgan fingerprint density at radius 1 is 1.25 bits per heavy atom. The number of aromatic nitrogens is 2. The summed E-state index contributed by atoms with van der Waals surface area (Å²) >= 11 is 0. The van der Waals surface area contributed by atoms with Crippen LogP contribution in [0, 0.1) is 6.92 Å². The Balaban J connectivity index is 2.76. The number of para-hydroxylation sites is 1. The van der Waals surface area contributed by atoms with Gasteiger partial charge >= 0.3 is 6.18 Å². The van der Waals surface area contributed by atoms with Crippen molar-refractivity contribution in [2.24, 2.45) is 0 Å². The van der Waals surface area contributed by atoms with Crippen molar-refractivity contribution in [3.05, 3.63) is 57.5 Å². The van der Waals surface area contributed by atoms with Gasteiger partial charge in [-0.15, -0.1) is 0 Å². The lowest BCUT2D eigenvalue weighted by atomic mass is 10.1. The Hall–Kier alpha value is -2.44. The molecule has 0 spiro atoms. The molecule has 1 aromatic carbocycles. The summed E-state index contributed by atoms with van der Waals surface area (Å²) in [6, 6.07) is 5.89. The van der Waals surface area contributed by atoms with Crippen molar-refractivity contribution < 1.29 is 18.0 Å². The van der Waals surface area contributed by atoms with Crippen molar-refractivity contribution in [1.82, 2.24) is 9.78 Å². The summed E-state index contributed by atoms with van der Waals surface area (Å²) in [7, 11) is 0. The fourth-order valence-corrected chi connectivity index (χ4v) is 1.78. The van der Waals surface area contributed by atoms with Crippen molar-refractivity contribution >= 4 is 6.29 Å². The SMILES string of the molecule is Cc1cc(=O)c(C=O)nn1-c1ccccc1C(F)(F)F. The average molecular weight is 282 g/mol. The van der Waals surface area contributed by atoms with E-state index in [1.165, 1.54) is 25.1 Å². The molecule has 0 aliphatic heterocycles. The zero-order valence-electron chi connectivity index (χ0n) is 10.3. The molecule has 0 atom stereocenters. The third-order valence-electron chi connectivity index (χ3n) is 2.68. The summed E-state index contributed by atoms with van der Waals surface area (Å²) in [6.45, 7) is 1.44. The lowest BCUT2D eigenvalue weighted by molar-refractivity contribution is -0.137. The lowest BCUT2D eigenvalue weighted by Gasteiger charge is -2.15. The number of alkyl halides is 3. The van der Waals surface area contributed by atoms with E-state index in [4.69, 9.17) is 0 Å². The third-order valence-corrected chi connectivity index (χ3v) is 2.68. The number of carbonyl (C=O) groups is 1. The molecule has 0 saturated heterocycles. The zero-order valence-corrected chi connectivity index (χ0v) is 10.3. The molecule has 2 aromatic rings. The summed E-state index contributed by atoms with van der Waals surface area (Å²) in [5.41, 5.74) is -1.99. The van der Waals surface area contributed by atoms with E-state index in [0.29, 0.717) is 0 Å². The molecule has 1 heterocycles. The first-order valence-corrected chi connectivity index (χ1v) is 5.57. The predicted molar refractivity (Wildman–Crippen MR) is 65.0 cm³/mol. The van der Waals surface area contributed by atoms with E-state index in [-0.39, 0.29) is 17.7 Å². The van der Waals surface area contributed by atoms with E-state index in [1.807, 2.05) is 0 Å². The van der Waals surface area contributed by atoms with Gasteiger partial charge in [0, 0.05) is 11.8 Å². The van der Waals surface area contributed by atoms with Crippen molar-refractivity contribution in [3.63, 3.8) is 0 Å². The zero-order chi connectivity index (χ0) is 14.9. The standard InChI is InChI=1S/C13H9F3N2O2/c1-8-6-12(20)10(7-19)17-18(8)11-5-3-2-4-9(11)13(14,15)16/h2-7H,1H3. The van der Waals surface area contributed by atoms with Gasteiger partial charge in [0.05, 0.1) is 11.3 Å². The number of benzene rings is 1. The molecular formula is C13H9F3N2O2. The molecule has 0 N–H and O–H groups in total. The van der Waals surface area contributed by atoms with Gasteiger partial charge in [-0.1, -0.05) is 12.1 Å². The van der Waals surface area contributed by atoms with Gasteiger partial charge in [0.15, 0.2) is 12.0 Å². The van der Waals surface area contributed by atoms with Crippen LogP contribution in [0.3, 0.4) is 0 Å². The molecule has 0 bridgehead atoms. The second-order valence-corrected chi connectivity index (χ2v) is 4.08. The van der Waals surface area contributed by atoms with E-state index in [0.717, 1.165) is 16.8 Å². The predicted octanol–water partition coefficient (Wildman–Crippen LogP) is 2.37. The van der Waals surface area contributed by atoms with E-state index in [2.05, 4.69) is 5.10 Å². The average Bonchev–Trinajstić information content (AvgIpc) is 2.38. The van der Waals surface area contributed by atoms with Crippen LogP contribution in [0.15, 0.2) is 35.1 Å². The number of aldehydes is 1. The number of nitrogens with zero attached hydrogens (tertiary/aromatic N) is 2.